The number of ether oxygens (including phenoxy) is 2. The summed E-state index contributed by atoms with van der Waals surface area (Å²) in [6.07, 6.45) is 0. The molecule has 1 aromatic carbocycles. The van der Waals surface area contributed by atoms with E-state index in [0.717, 1.165) is 0 Å². The number of rotatable bonds is 4. The van der Waals surface area contributed by atoms with Crippen molar-refractivity contribution in [1.82, 2.24) is 0 Å². The van der Waals surface area contributed by atoms with Crippen LogP contribution in [0.15, 0.2) is 18.2 Å². The first kappa shape index (κ1) is 13.0. The van der Waals surface area contributed by atoms with Gasteiger partial charge in [0.25, 0.3) is 0 Å². The van der Waals surface area contributed by atoms with E-state index in [9.17, 15) is 14.4 Å². The number of hydrogen-bond acceptors (Lipinski definition) is 5. The maximum absolute atomic E-state index is 10.8. The Bertz CT molecular complexity index is 416. The summed E-state index contributed by atoms with van der Waals surface area (Å²) in [6.45, 7) is 0. The van der Waals surface area contributed by atoms with Gasteiger partial charge in [0, 0.05) is 5.56 Å². The molecule has 0 saturated heterocycles. The minimum absolute atomic E-state index is 0.283. The minimum atomic E-state index is -4.74. The highest BCUT2D eigenvalue weighted by atomic mass is 31.2. The van der Waals surface area contributed by atoms with Gasteiger partial charge in [-0.1, -0.05) is 0 Å². The molecule has 0 spiro atoms. The molecule has 0 aliphatic heterocycles. The van der Waals surface area contributed by atoms with Crippen molar-refractivity contribution in [3.63, 3.8) is 0 Å². The van der Waals surface area contributed by atoms with Crippen LogP contribution in [0.2, 0.25) is 0 Å². The number of hydrogen-bond donors (Lipinski definition) is 1. The normalized spacial score (nSPS) is 13.3. The van der Waals surface area contributed by atoms with Crippen molar-refractivity contribution in [3.8, 4) is 11.5 Å². The lowest BCUT2D eigenvalue weighted by Gasteiger charge is -2.32. The van der Waals surface area contributed by atoms with E-state index in [1.807, 2.05) is 0 Å². The van der Waals surface area contributed by atoms with E-state index in [4.69, 9.17) is 9.47 Å². The summed E-state index contributed by atoms with van der Waals surface area (Å²) in [5, 5.41) is 0. The summed E-state index contributed by atoms with van der Waals surface area (Å²) >= 11 is 0. The van der Waals surface area contributed by atoms with Crippen molar-refractivity contribution >= 4 is 7.60 Å². The largest absolute Gasteiger partial charge is 0.806 e. The van der Waals surface area contributed by atoms with Crippen molar-refractivity contribution in [2.75, 3.05) is 14.2 Å². The van der Waals surface area contributed by atoms with Crippen LogP contribution in [0.4, 0.5) is 0 Å². The number of benzene rings is 1. The first-order chi connectivity index (χ1) is 7.40. The third-order valence-electron chi connectivity index (χ3n) is 2.17. The molecule has 6 nitrogen and oxygen atoms in total. The average Bonchev–Trinajstić information content (AvgIpc) is 2.25. The van der Waals surface area contributed by atoms with Crippen molar-refractivity contribution in [2.24, 2.45) is 0 Å². The highest BCUT2D eigenvalue weighted by Gasteiger charge is 2.16. The van der Waals surface area contributed by atoms with Gasteiger partial charge in [-0.15, -0.1) is 0 Å². The Morgan fingerprint density at radius 3 is 2.25 bits per heavy atom. The zero-order valence-corrected chi connectivity index (χ0v) is 9.90. The van der Waals surface area contributed by atoms with Crippen LogP contribution in [0.5, 0.6) is 11.5 Å². The molecule has 0 bridgehead atoms. The van der Waals surface area contributed by atoms with Crippen molar-refractivity contribution < 1.29 is 29.6 Å². The molecule has 1 aromatic rings. The van der Waals surface area contributed by atoms with Gasteiger partial charge in [0.05, 0.1) is 14.2 Å². The van der Waals surface area contributed by atoms with Gasteiger partial charge in [0.15, 0.2) is 11.5 Å². The van der Waals surface area contributed by atoms with Crippen LogP contribution in [0.25, 0.3) is 0 Å². The smallest absolute Gasteiger partial charge is 0.161 e. The van der Waals surface area contributed by atoms with Gasteiger partial charge in [0.2, 0.25) is 0 Å². The molecule has 0 fully saturated rings. The first-order valence-corrected chi connectivity index (χ1v) is 6.08. The van der Waals surface area contributed by atoms with Crippen molar-refractivity contribution in [3.05, 3.63) is 23.8 Å². The van der Waals surface area contributed by atoms with E-state index in [0.29, 0.717) is 11.5 Å². The van der Waals surface area contributed by atoms with Crippen LogP contribution in [0, 0.1) is 0 Å². The second kappa shape index (κ2) is 4.84. The molecular formula is C9H13NO5P-. The second-order valence-electron chi connectivity index (χ2n) is 3.17. The third-order valence-corrected chi connectivity index (χ3v) is 3.24. The molecule has 0 aliphatic rings. The maximum Gasteiger partial charge on any atom is 0.161 e. The van der Waals surface area contributed by atoms with E-state index in [-0.39, 0.29) is 5.56 Å². The fourth-order valence-corrected chi connectivity index (χ4v) is 1.77. The standard InChI is InChI=1S/C9H14NO5P/c1-14-7-4-3-6(5-8(7)15-2)9(10)16(11,12)13/h3-5,9H,10H2,1-2H3,(H2,11,12,13)/p-1/t9-/m0/s1. The van der Waals surface area contributed by atoms with Crippen molar-refractivity contribution in [1.29, 1.82) is 0 Å². The highest BCUT2D eigenvalue weighted by Crippen LogP contribution is 2.40. The van der Waals surface area contributed by atoms with Crippen molar-refractivity contribution in [2.45, 2.75) is 5.78 Å². The predicted octanol–water partition coefficient (Wildman–Crippen LogP) is -1.14. The molecule has 3 N–H and O–H groups in total. The molecule has 1 rings (SSSR count). The maximum atomic E-state index is 10.8. The average molecular weight is 246 g/mol. The molecule has 0 radical (unpaired) electrons. The summed E-state index contributed by atoms with van der Waals surface area (Å²) in [4.78, 5) is 21.6. The van der Waals surface area contributed by atoms with E-state index >= 15 is 0 Å². The van der Waals surface area contributed by atoms with Crippen LogP contribution in [0.3, 0.4) is 0 Å². The number of quaternary nitrogens is 1. The molecule has 0 aromatic heterocycles. The summed E-state index contributed by atoms with van der Waals surface area (Å²) in [5.41, 5.74) is 3.61. The first-order valence-electron chi connectivity index (χ1n) is 4.47. The fourth-order valence-electron chi connectivity index (χ4n) is 1.24. The van der Waals surface area contributed by atoms with E-state index in [2.05, 4.69) is 5.73 Å². The van der Waals surface area contributed by atoms with E-state index in [1.54, 1.807) is 0 Å². The van der Waals surface area contributed by atoms with Gasteiger partial charge < -0.3 is 29.6 Å². The lowest BCUT2D eigenvalue weighted by molar-refractivity contribution is -0.434. The van der Waals surface area contributed by atoms with Gasteiger partial charge in [-0.05, 0) is 25.8 Å². The summed E-state index contributed by atoms with van der Waals surface area (Å²) in [7, 11) is -1.85. The molecular weight excluding hydrogens is 233 g/mol. The molecule has 7 heteroatoms. The number of methoxy groups -OCH3 is 2. The summed E-state index contributed by atoms with van der Waals surface area (Å²) in [6, 6.07) is 4.43. The lowest BCUT2D eigenvalue weighted by Crippen LogP contribution is -2.56. The second-order valence-corrected chi connectivity index (χ2v) is 4.87. The van der Waals surface area contributed by atoms with Gasteiger partial charge >= 0.3 is 0 Å². The van der Waals surface area contributed by atoms with Crippen LogP contribution in [-0.4, -0.2) is 14.2 Å². The predicted molar refractivity (Wildman–Crippen MR) is 52.8 cm³/mol. The van der Waals surface area contributed by atoms with Gasteiger partial charge in [-0.3, -0.25) is 0 Å². The Balaban J connectivity index is 3.13. The third kappa shape index (κ3) is 2.74. The zero-order chi connectivity index (χ0) is 12.3. The lowest BCUT2D eigenvalue weighted by atomic mass is 10.2. The minimum Gasteiger partial charge on any atom is -0.806 e. The van der Waals surface area contributed by atoms with Gasteiger partial charge in [-0.25, -0.2) is 0 Å². The SMILES string of the molecule is COc1ccc([C@@H]([NH3+])P(=O)([O-])[O-])cc1OC. The Hall–Kier alpha value is -1.07. The zero-order valence-electron chi connectivity index (χ0n) is 9.00. The van der Waals surface area contributed by atoms with Crippen LogP contribution < -0.4 is 25.0 Å². The summed E-state index contributed by atoms with van der Waals surface area (Å²) in [5.74, 6) is -0.500. The molecule has 0 unspecified atom stereocenters. The Labute approximate surface area is 93.1 Å². The topological polar surface area (TPSA) is 109 Å². The Morgan fingerprint density at radius 1 is 1.25 bits per heavy atom. The summed E-state index contributed by atoms with van der Waals surface area (Å²) < 4.78 is 20.8. The highest BCUT2D eigenvalue weighted by molar-refractivity contribution is 7.48. The molecule has 90 valence electrons. The van der Waals surface area contributed by atoms with Crippen LogP contribution in [-0.2, 0) is 4.57 Å². The van der Waals surface area contributed by atoms with E-state index < -0.39 is 13.4 Å². The Kier molecular flexibility index (Phi) is 3.93. The van der Waals surface area contributed by atoms with Gasteiger partial charge in [0.1, 0.15) is 5.78 Å². The Morgan fingerprint density at radius 2 is 1.81 bits per heavy atom. The molecule has 0 saturated carbocycles. The molecule has 0 aliphatic carbocycles. The van der Waals surface area contributed by atoms with E-state index in [1.165, 1.54) is 32.4 Å². The molecule has 16 heavy (non-hydrogen) atoms. The molecule has 1 atom stereocenters. The molecule has 0 heterocycles. The fraction of sp³-hybridized carbons (Fsp3) is 0.333. The van der Waals surface area contributed by atoms with Crippen LogP contribution >= 0.6 is 7.60 Å². The quantitative estimate of drug-likeness (QED) is 0.675. The monoisotopic (exact) mass is 246 g/mol. The molecule has 0 amide bonds. The van der Waals surface area contributed by atoms with Crippen LogP contribution in [0.1, 0.15) is 11.3 Å². The van der Waals surface area contributed by atoms with Gasteiger partial charge in [-0.2, -0.15) is 0 Å².